The quantitative estimate of drug-likeness (QED) is 0.284. The summed E-state index contributed by atoms with van der Waals surface area (Å²) in [6, 6.07) is 23.6. The molecular weight excluding hydrogens is 594 g/mol. The van der Waals surface area contributed by atoms with Gasteiger partial charge in [-0.05, 0) is 61.7 Å². The Morgan fingerprint density at radius 1 is 0.936 bits per heavy atom. The number of ether oxygens (including phenoxy) is 2. The van der Waals surface area contributed by atoms with E-state index in [9.17, 15) is 14.7 Å². The lowest BCUT2D eigenvalue weighted by molar-refractivity contribution is -0.148. The fourth-order valence-corrected chi connectivity index (χ4v) is 7.97. The maximum Gasteiger partial charge on any atom is 0.253 e. The van der Waals surface area contributed by atoms with Crippen molar-refractivity contribution in [3.63, 3.8) is 0 Å². The fourth-order valence-electron chi connectivity index (χ4n) is 7.97. The molecule has 3 saturated heterocycles. The molecular formula is C38H41N3O6. The van der Waals surface area contributed by atoms with Crippen molar-refractivity contribution in [1.82, 2.24) is 4.90 Å². The second kappa shape index (κ2) is 12.8. The van der Waals surface area contributed by atoms with Crippen molar-refractivity contribution in [1.29, 1.82) is 0 Å². The minimum Gasteiger partial charge on any atom is -0.497 e. The number of fused-ring (bicyclic) bond motifs is 1. The molecule has 244 valence electrons. The van der Waals surface area contributed by atoms with E-state index in [0.717, 1.165) is 0 Å². The third-order valence-electron chi connectivity index (χ3n) is 10.0. The zero-order valence-corrected chi connectivity index (χ0v) is 26.8. The van der Waals surface area contributed by atoms with Crippen molar-refractivity contribution in [2.45, 2.75) is 43.1 Å². The molecule has 0 radical (unpaired) electrons. The minimum absolute atomic E-state index is 0.167. The smallest absolute Gasteiger partial charge is 0.253 e. The molecule has 3 aromatic carbocycles. The lowest BCUT2D eigenvalue weighted by Crippen LogP contribution is -2.57. The first-order valence-electron chi connectivity index (χ1n) is 16.0. The molecule has 0 aromatic heterocycles. The molecule has 3 aromatic rings. The van der Waals surface area contributed by atoms with Crippen molar-refractivity contribution in [3.05, 3.63) is 116 Å². The van der Waals surface area contributed by atoms with E-state index in [4.69, 9.17) is 9.47 Å². The van der Waals surface area contributed by atoms with Crippen LogP contribution >= 0.6 is 0 Å². The molecule has 0 aliphatic carbocycles. The summed E-state index contributed by atoms with van der Waals surface area (Å²) in [6.07, 6.45) is 4.18. The van der Waals surface area contributed by atoms with Crippen LogP contribution in [-0.4, -0.2) is 71.8 Å². The van der Waals surface area contributed by atoms with Crippen molar-refractivity contribution in [2.75, 3.05) is 36.6 Å². The number of hydrogen-bond donors (Lipinski definition) is 1. The highest BCUT2D eigenvalue weighted by Crippen LogP contribution is 2.64. The first kappa shape index (κ1) is 32.2. The zero-order chi connectivity index (χ0) is 33.3. The van der Waals surface area contributed by atoms with Gasteiger partial charge in [-0.15, -0.1) is 13.2 Å². The number of aliphatic hydroxyl groups excluding tert-OH is 1. The van der Waals surface area contributed by atoms with Gasteiger partial charge in [-0.2, -0.15) is 0 Å². The molecule has 1 spiro atoms. The molecule has 9 nitrogen and oxygen atoms in total. The molecule has 47 heavy (non-hydrogen) atoms. The Morgan fingerprint density at radius 2 is 1.51 bits per heavy atom. The van der Waals surface area contributed by atoms with Gasteiger partial charge in [0, 0.05) is 24.5 Å². The number of methoxy groups -OCH3 is 1. The Labute approximate surface area is 275 Å². The van der Waals surface area contributed by atoms with E-state index in [0.29, 0.717) is 35.5 Å². The highest BCUT2D eigenvalue weighted by atomic mass is 16.5. The van der Waals surface area contributed by atoms with Gasteiger partial charge in [0.2, 0.25) is 11.8 Å². The number of rotatable bonds is 12. The number of nitrogens with zero attached hydrogens (tertiary/aromatic N) is 3. The molecule has 2 bridgehead atoms. The highest BCUT2D eigenvalue weighted by Gasteiger charge is 2.79. The number of anilines is 2. The van der Waals surface area contributed by atoms with E-state index in [1.807, 2.05) is 67.6 Å². The van der Waals surface area contributed by atoms with Crippen LogP contribution in [0.1, 0.15) is 31.4 Å². The molecule has 0 saturated carbocycles. The molecule has 3 heterocycles. The summed E-state index contributed by atoms with van der Waals surface area (Å²) in [5, 5.41) is 10.9. The third-order valence-corrected chi connectivity index (χ3v) is 10.0. The summed E-state index contributed by atoms with van der Waals surface area (Å²) in [7, 11) is 1.57. The van der Waals surface area contributed by atoms with E-state index in [1.165, 1.54) is 4.90 Å². The van der Waals surface area contributed by atoms with E-state index in [1.54, 1.807) is 53.3 Å². The second-order valence-corrected chi connectivity index (χ2v) is 12.6. The van der Waals surface area contributed by atoms with Crippen molar-refractivity contribution < 1.29 is 29.0 Å². The Kier molecular flexibility index (Phi) is 8.78. The van der Waals surface area contributed by atoms with E-state index >= 15 is 4.79 Å². The Bertz CT molecular complexity index is 1650. The van der Waals surface area contributed by atoms with Gasteiger partial charge < -0.3 is 29.3 Å². The molecule has 3 fully saturated rings. The Morgan fingerprint density at radius 3 is 2.09 bits per heavy atom. The van der Waals surface area contributed by atoms with Crippen LogP contribution in [0.25, 0.3) is 0 Å². The van der Waals surface area contributed by atoms with E-state index < -0.39 is 41.7 Å². The van der Waals surface area contributed by atoms with Crippen molar-refractivity contribution in [2.24, 2.45) is 11.8 Å². The van der Waals surface area contributed by atoms with Gasteiger partial charge in [0.25, 0.3) is 5.91 Å². The molecule has 3 aliphatic rings. The number of benzene rings is 3. The van der Waals surface area contributed by atoms with E-state index in [2.05, 4.69) is 13.2 Å². The van der Waals surface area contributed by atoms with Crippen LogP contribution in [0.4, 0.5) is 11.4 Å². The fraction of sp³-hybridized carbons (Fsp3) is 0.342. The summed E-state index contributed by atoms with van der Waals surface area (Å²) >= 11 is 0. The average molecular weight is 636 g/mol. The van der Waals surface area contributed by atoms with Gasteiger partial charge in [-0.3, -0.25) is 14.4 Å². The predicted molar refractivity (Wildman–Crippen MR) is 180 cm³/mol. The van der Waals surface area contributed by atoms with Gasteiger partial charge in [-0.1, -0.05) is 60.7 Å². The first-order chi connectivity index (χ1) is 22.7. The third kappa shape index (κ3) is 5.23. The molecule has 3 amide bonds. The Hall–Kier alpha value is -4.73. The summed E-state index contributed by atoms with van der Waals surface area (Å²) < 4.78 is 12.3. The van der Waals surface area contributed by atoms with Gasteiger partial charge in [0.1, 0.15) is 17.4 Å². The molecule has 1 N–H and O–H groups in total. The molecule has 9 heteroatoms. The number of carbonyl (C=O) groups excluding carboxylic acids is 3. The van der Waals surface area contributed by atoms with Gasteiger partial charge in [-0.25, -0.2) is 0 Å². The molecule has 3 aliphatic heterocycles. The minimum atomic E-state index is -1.30. The predicted octanol–water partition coefficient (Wildman–Crippen LogP) is 4.93. The van der Waals surface area contributed by atoms with Crippen molar-refractivity contribution >= 4 is 29.1 Å². The zero-order valence-electron chi connectivity index (χ0n) is 26.8. The topological polar surface area (TPSA) is 99.6 Å². The maximum absolute atomic E-state index is 15.0. The number of likely N-dealkylation sites (tertiary alicyclic amines) is 1. The normalized spacial score (nSPS) is 26.4. The first-order valence-corrected chi connectivity index (χ1v) is 16.0. The van der Waals surface area contributed by atoms with Crippen LogP contribution in [0.15, 0.2) is 110 Å². The Balaban J connectivity index is 1.49. The second-order valence-electron chi connectivity index (χ2n) is 12.6. The van der Waals surface area contributed by atoms with Gasteiger partial charge in [0.15, 0.2) is 0 Å². The summed E-state index contributed by atoms with van der Waals surface area (Å²) in [5.74, 6) is -2.19. The van der Waals surface area contributed by atoms with Crippen LogP contribution in [0.2, 0.25) is 0 Å². The van der Waals surface area contributed by atoms with Gasteiger partial charge >= 0.3 is 0 Å². The van der Waals surface area contributed by atoms with Crippen LogP contribution in [0.3, 0.4) is 0 Å². The average Bonchev–Trinajstić information content (AvgIpc) is 3.67. The highest BCUT2D eigenvalue weighted by molar-refractivity contribution is 6.07. The largest absolute Gasteiger partial charge is 0.497 e. The number of carbonyl (C=O) groups is 3. The van der Waals surface area contributed by atoms with Crippen molar-refractivity contribution in [3.8, 4) is 5.75 Å². The molecule has 6 rings (SSSR count). The van der Waals surface area contributed by atoms with E-state index in [-0.39, 0.29) is 30.8 Å². The van der Waals surface area contributed by atoms with Crippen LogP contribution in [0.5, 0.6) is 5.75 Å². The SMILES string of the molecule is C=CCN(C(=O)C1N([C@H](CO)c2ccccc2)C(=O)[C@@H]2[C@@H](C(=O)N(CC=C)c3ccccc3)[C@@]3(C)CCC12O3)c1ccc(OC)cc1. The number of para-hydroxylation sites is 1. The lowest BCUT2D eigenvalue weighted by atomic mass is 9.66. The number of aliphatic hydroxyl groups is 1. The molecule has 2 unspecified atom stereocenters. The number of hydrogen-bond acceptors (Lipinski definition) is 6. The monoisotopic (exact) mass is 635 g/mol. The summed E-state index contributed by atoms with van der Waals surface area (Å²) in [5.41, 5.74) is -0.328. The standard InChI is InChI=1S/C38H41N3O6/c1-5-23-39(27-15-11-8-12-16-27)34(43)31-32-35(44)41(30(25-42)26-13-9-7-10-14-26)33(38(32)22-21-37(31,3)47-38)36(45)40(24-6-2)28-17-19-29(46-4)20-18-28/h5-20,30-33,42H,1-2,21-25H2,3-4H3/t30-,31+,32+,33?,37-,38?/m1/s1. The van der Waals surface area contributed by atoms with Gasteiger partial charge in [0.05, 0.1) is 37.2 Å². The van der Waals surface area contributed by atoms with Crippen LogP contribution in [0, 0.1) is 11.8 Å². The summed E-state index contributed by atoms with van der Waals surface area (Å²) in [4.78, 5) is 49.4. The number of amides is 3. The lowest BCUT2D eigenvalue weighted by Gasteiger charge is -2.39. The summed E-state index contributed by atoms with van der Waals surface area (Å²) in [6.45, 7) is 9.64. The van der Waals surface area contributed by atoms with Crippen LogP contribution in [-0.2, 0) is 19.1 Å². The molecule has 6 atom stereocenters. The maximum atomic E-state index is 15.0. The van der Waals surface area contributed by atoms with Crippen LogP contribution < -0.4 is 14.5 Å².